The van der Waals surface area contributed by atoms with Gasteiger partial charge < -0.3 is 10.2 Å². The lowest BCUT2D eigenvalue weighted by Gasteiger charge is -2.32. The van der Waals surface area contributed by atoms with Gasteiger partial charge in [0.2, 0.25) is 0 Å². The number of thiazole rings is 1. The Morgan fingerprint density at radius 3 is 3.05 bits per heavy atom. The minimum Gasteiger partial charge on any atom is -0.346 e. The smallest absolute Gasteiger partial charge is 0.269 e. The maximum atomic E-state index is 12.2. The highest BCUT2D eigenvalue weighted by molar-refractivity contribution is 7.15. The molecular weight excluding hydrogens is 286 g/mol. The van der Waals surface area contributed by atoms with E-state index in [4.69, 9.17) is 0 Å². The normalized spacial score (nSPS) is 18.8. The summed E-state index contributed by atoms with van der Waals surface area (Å²) >= 11 is 1.70. The van der Waals surface area contributed by atoms with E-state index in [1.165, 1.54) is 4.88 Å². The Morgan fingerprint density at radius 2 is 2.38 bits per heavy atom. The Labute approximate surface area is 127 Å². The summed E-state index contributed by atoms with van der Waals surface area (Å²) in [7, 11) is 1.78. The van der Waals surface area contributed by atoms with Crippen LogP contribution in [0.4, 0.5) is 5.13 Å². The molecule has 1 N–H and O–H groups in total. The summed E-state index contributed by atoms with van der Waals surface area (Å²) < 4.78 is 1.60. The zero-order chi connectivity index (χ0) is 14.8. The summed E-state index contributed by atoms with van der Waals surface area (Å²) in [5, 5.41) is 8.19. The quantitative estimate of drug-likeness (QED) is 0.935. The Bertz CT molecular complexity index is 635. The number of rotatable bonds is 3. The average Bonchev–Trinajstić information content (AvgIpc) is 3.08. The van der Waals surface area contributed by atoms with Crippen molar-refractivity contribution in [2.24, 2.45) is 7.05 Å². The molecule has 112 valence electrons. The Hall–Kier alpha value is -1.89. The third-order valence-electron chi connectivity index (χ3n) is 3.69. The van der Waals surface area contributed by atoms with Crippen molar-refractivity contribution in [3.63, 3.8) is 0 Å². The number of nitrogens with zero attached hydrogens (tertiary/aromatic N) is 4. The molecule has 0 spiro atoms. The van der Waals surface area contributed by atoms with Crippen LogP contribution in [0.5, 0.6) is 0 Å². The van der Waals surface area contributed by atoms with Crippen molar-refractivity contribution in [2.45, 2.75) is 25.8 Å². The summed E-state index contributed by atoms with van der Waals surface area (Å²) in [5.41, 5.74) is 0.595. The molecule has 6 nitrogen and oxygen atoms in total. The molecule has 3 heterocycles. The van der Waals surface area contributed by atoms with Gasteiger partial charge in [-0.25, -0.2) is 4.98 Å². The van der Waals surface area contributed by atoms with Crippen LogP contribution in [0.1, 0.15) is 28.2 Å². The average molecular weight is 305 g/mol. The minimum absolute atomic E-state index is 0.0582. The first-order valence-corrected chi connectivity index (χ1v) is 7.91. The highest BCUT2D eigenvalue weighted by Gasteiger charge is 2.24. The molecule has 1 atom stereocenters. The molecule has 1 aliphatic heterocycles. The van der Waals surface area contributed by atoms with Crippen molar-refractivity contribution in [3.05, 3.63) is 29.0 Å². The van der Waals surface area contributed by atoms with Crippen molar-refractivity contribution < 1.29 is 4.79 Å². The molecule has 1 fully saturated rings. The number of carbonyl (C=O) groups is 1. The van der Waals surface area contributed by atoms with Crippen LogP contribution in [0.2, 0.25) is 0 Å². The van der Waals surface area contributed by atoms with E-state index in [0.29, 0.717) is 5.69 Å². The molecule has 2 aromatic rings. The topological polar surface area (TPSA) is 63.1 Å². The largest absolute Gasteiger partial charge is 0.346 e. The molecule has 0 saturated carbocycles. The van der Waals surface area contributed by atoms with Gasteiger partial charge in [-0.15, -0.1) is 11.3 Å². The number of hydrogen-bond acceptors (Lipinski definition) is 5. The van der Waals surface area contributed by atoms with Gasteiger partial charge in [-0.2, -0.15) is 5.10 Å². The molecule has 21 heavy (non-hydrogen) atoms. The van der Waals surface area contributed by atoms with E-state index in [0.717, 1.165) is 31.1 Å². The molecule has 0 bridgehead atoms. The maximum absolute atomic E-state index is 12.2. The predicted molar refractivity (Wildman–Crippen MR) is 82.8 cm³/mol. The predicted octanol–water partition coefficient (Wildman–Crippen LogP) is 1.58. The van der Waals surface area contributed by atoms with Crippen LogP contribution in [0, 0.1) is 6.92 Å². The van der Waals surface area contributed by atoms with E-state index in [1.807, 2.05) is 6.20 Å². The Morgan fingerprint density at radius 1 is 1.52 bits per heavy atom. The van der Waals surface area contributed by atoms with Crippen molar-refractivity contribution in [1.82, 2.24) is 20.1 Å². The van der Waals surface area contributed by atoms with Crippen LogP contribution < -0.4 is 10.2 Å². The molecule has 0 aliphatic carbocycles. The zero-order valence-electron chi connectivity index (χ0n) is 12.2. The Kier molecular flexibility index (Phi) is 3.92. The summed E-state index contributed by atoms with van der Waals surface area (Å²) in [6, 6.07) is 1.89. The van der Waals surface area contributed by atoms with Crippen LogP contribution in [-0.4, -0.2) is 39.8 Å². The van der Waals surface area contributed by atoms with Gasteiger partial charge in [0, 0.05) is 43.4 Å². The van der Waals surface area contributed by atoms with Gasteiger partial charge in [-0.1, -0.05) is 0 Å². The minimum atomic E-state index is -0.0582. The zero-order valence-corrected chi connectivity index (χ0v) is 13.1. The third kappa shape index (κ3) is 3.07. The third-order valence-corrected chi connectivity index (χ3v) is 4.66. The first kappa shape index (κ1) is 14.1. The first-order chi connectivity index (χ1) is 10.1. The highest BCUT2D eigenvalue weighted by atomic mass is 32.1. The first-order valence-electron chi connectivity index (χ1n) is 7.10. The van der Waals surface area contributed by atoms with Gasteiger partial charge in [0.05, 0.1) is 0 Å². The van der Waals surface area contributed by atoms with Crippen LogP contribution in [0.3, 0.4) is 0 Å². The fourth-order valence-electron chi connectivity index (χ4n) is 2.61. The van der Waals surface area contributed by atoms with Crippen molar-refractivity contribution in [3.8, 4) is 0 Å². The number of piperidine rings is 1. The molecular formula is C14H19N5OS. The van der Waals surface area contributed by atoms with E-state index in [2.05, 4.69) is 27.2 Å². The van der Waals surface area contributed by atoms with Crippen LogP contribution in [0.25, 0.3) is 0 Å². The van der Waals surface area contributed by atoms with E-state index in [9.17, 15) is 4.79 Å². The van der Waals surface area contributed by atoms with Crippen molar-refractivity contribution in [1.29, 1.82) is 0 Å². The standard InChI is InChI=1S/C14H19N5OS/c1-10-8-15-14(21-10)19-7-3-4-11(9-19)17-13(20)12-5-6-16-18(12)2/h5-6,8,11H,3-4,7,9H2,1-2H3,(H,17,20). The maximum Gasteiger partial charge on any atom is 0.269 e. The number of carbonyl (C=O) groups excluding carboxylic acids is 1. The number of hydrogen-bond donors (Lipinski definition) is 1. The lowest BCUT2D eigenvalue weighted by atomic mass is 10.1. The second-order valence-corrected chi connectivity index (χ2v) is 6.57. The molecule has 3 rings (SSSR count). The van der Waals surface area contributed by atoms with Crippen LogP contribution in [0.15, 0.2) is 18.5 Å². The van der Waals surface area contributed by atoms with E-state index < -0.39 is 0 Å². The molecule has 1 aliphatic rings. The van der Waals surface area contributed by atoms with E-state index in [-0.39, 0.29) is 11.9 Å². The number of aryl methyl sites for hydroxylation is 2. The highest BCUT2D eigenvalue weighted by Crippen LogP contribution is 2.24. The van der Waals surface area contributed by atoms with Gasteiger partial charge in [0.1, 0.15) is 5.69 Å². The van der Waals surface area contributed by atoms with Gasteiger partial charge in [0.25, 0.3) is 5.91 Å². The molecule has 0 aromatic carbocycles. The van der Waals surface area contributed by atoms with Crippen LogP contribution >= 0.6 is 11.3 Å². The van der Waals surface area contributed by atoms with Gasteiger partial charge >= 0.3 is 0 Å². The summed E-state index contributed by atoms with van der Waals surface area (Å²) in [6.45, 7) is 3.88. The van der Waals surface area contributed by atoms with Crippen molar-refractivity contribution >= 4 is 22.4 Å². The lowest BCUT2D eigenvalue weighted by Crippen LogP contribution is -2.48. The second kappa shape index (κ2) is 5.85. The summed E-state index contributed by atoms with van der Waals surface area (Å²) in [6.07, 6.45) is 5.61. The van der Waals surface area contributed by atoms with E-state index >= 15 is 0 Å². The molecule has 1 unspecified atom stereocenters. The number of anilines is 1. The monoisotopic (exact) mass is 305 g/mol. The van der Waals surface area contributed by atoms with E-state index in [1.54, 1.807) is 35.3 Å². The molecule has 1 saturated heterocycles. The van der Waals surface area contributed by atoms with Crippen LogP contribution in [-0.2, 0) is 7.05 Å². The fourth-order valence-corrected chi connectivity index (χ4v) is 3.41. The fraction of sp³-hybridized carbons (Fsp3) is 0.500. The second-order valence-electron chi connectivity index (χ2n) is 5.35. The molecule has 2 aromatic heterocycles. The summed E-state index contributed by atoms with van der Waals surface area (Å²) in [5.74, 6) is -0.0582. The van der Waals surface area contributed by atoms with Gasteiger partial charge in [-0.3, -0.25) is 9.48 Å². The Balaban J connectivity index is 1.64. The number of aromatic nitrogens is 3. The molecule has 0 radical (unpaired) electrons. The van der Waals surface area contributed by atoms with Crippen molar-refractivity contribution in [2.75, 3.05) is 18.0 Å². The summed E-state index contributed by atoms with van der Waals surface area (Å²) in [4.78, 5) is 20.1. The molecule has 7 heteroatoms. The SMILES string of the molecule is Cc1cnc(N2CCCC(NC(=O)c3ccnn3C)C2)s1. The number of nitrogens with one attached hydrogen (secondary N) is 1. The van der Waals surface area contributed by atoms with Gasteiger partial charge in [0.15, 0.2) is 5.13 Å². The number of amides is 1. The van der Waals surface area contributed by atoms with Gasteiger partial charge in [-0.05, 0) is 25.8 Å². The lowest BCUT2D eigenvalue weighted by molar-refractivity contribution is 0.0923. The molecule has 1 amide bonds.